The molecule has 0 bridgehead atoms. The minimum atomic E-state index is -0.348. The van der Waals surface area contributed by atoms with Crippen molar-refractivity contribution in [3.8, 4) is 17.2 Å². The summed E-state index contributed by atoms with van der Waals surface area (Å²) in [5, 5.41) is 3.99. The van der Waals surface area contributed by atoms with Gasteiger partial charge in [-0.1, -0.05) is 32.9 Å². The SMILES string of the molecule is COc1ccc(OC)c(C=NNC(=O)COc2cc(C)ccc2C(C)(C)C)c1. The molecule has 0 saturated carbocycles. The zero-order chi connectivity index (χ0) is 20.7. The van der Waals surface area contributed by atoms with E-state index in [1.165, 1.54) is 6.21 Å². The van der Waals surface area contributed by atoms with Gasteiger partial charge in [-0.2, -0.15) is 5.10 Å². The van der Waals surface area contributed by atoms with Crippen molar-refractivity contribution in [3.05, 3.63) is 53.1 Å². The second-order valence-electron chi connectivity index (χ2n) is 7.44. The van der Waals surface area contributed by atoms with Gasteiger partial charge in [0.15, 0.2) is 6.61 Å². The first-order valence-electron chi connectivity index (χ1n) is 9.02. The van der Waals surface area contributed by atoms with Gasteiger partial charge in [-0.15, -0.1) is 0 Å². The summed E-state index contributed by atoms with van der Waals surface area (Å²) in [6, 6.07) is 11.4. The van der Waals surface area contributed by atoms with E-state index in [0.717, 1.165) is 11.1 Å². The second kappa shape index (κ2) is 9.26. The maximum absolute atomic E-state index is 12.1. The van der Waals surface area contributed by atoms with E-state index in [4.69, 9.17) is 14.2 Å². The van der Waals surface area contributed by atoms with Crippen LogP contribution in [0.2, 0.25) is 0 Å². The van der Waals surface area contributed by atoms with E-state index < -0.39 is 0 Å². The van der Waals surface area contributed by atoms with Crippen LogP contribution in [0.3, 0.4) is 0 Å². The van der Waals surface area contributed by atoms with Crippen molar-refractivity contribution in [2.24, 2.45) is 5.10 Å². The number of nitrogens with one attached hydrogen (secondary N) is 1. The third kappa shape index (κ3) is 5.74. The molecule has 2 aromatic carbocycles. The summed E-state index contributed by atoms with van der Waals surface area (Å²) < 4.78 is 16.2. The van der Waals surface area contributed by atoms with E-state index in [-0.39, 0.29) is 17.9 Å². The molecular formula is C22H28N2O4. The molecule has 150 valence electrons. The van der Waals surface area contributed by atoms with Gasteiger partial charge >= 0.3 is 0 Å². The van der Waals surface area contributed by atoms with Crippen LogP contribution in [-0.4, -0.2) is 32.9 Å². The normalized spacial score (nSPS) is 11.4. The van der Waals surface area contributed by atoms with Gasteiger partial charge in [0, 0.05) is 5.56 Å². The summed E-state index contributed by atoms with van der Waals surface area (Å²) in [5.41, 5.74) is 5.21. The zero-order valence-corrected chi connectivity index (χ0v) is 17.3. The number of hydrogen-bond acceptors (Lipinski definition) is 5. The number of rotatable bonds is 7. The Morgan fingerprint density at radius 3 is 2.46 bits per heavy atom. The van der Waals surface area contributed by atoms with E-state index >= 15 is 0 Å². The molecule has 6 nitrogen and oxygen atoms in total. The van der Waals surface area contributed by atoms with Crippen LogP contribution in [-0.2, 0) is 10.2 Å². The predicted octanol–water partition coefficient (Wildman–Crippen LogP) is 3.84. The molecular weight excluding hydrogens is 356 g/mol. The highest BCUT2D eigenvalue weighted by Crippen LogP contribution is 2.32. The molecule has 0 radical (unpaired) electrons. The quantitative estimate of drug-likeness (QED) is 0.582. The molecule has 0 aliphatic rings. The Kier molecular flexibility index (Phi) is 7.04. The molecule has 0 aromatic heterocycles. The van der Waals surface area contributed by atoms with Gasteiger partial charge in [0.05, 0.1) is 20.4 Å². The molecule has 0 unspecified atom stereocenters. The number of aryl methyl sites for hydroxylation is 1. The first-order chi connectivity index (χ1) is 13.2. The van der Waals surface area contributed by atoms with Gasteiger partial charge < -0.3 is 14.2 Å². The number of amides is 1. The fraction of sp³-hybridized carbons (Fsp3) is 0.364. The van der Waals surface area contributed by atoms with Crippen molar-refractivity contribution in [2.45, 2.75) is 33.1 Å². The molecule has 1 N–H and O–H groups in total. The molecule has 0 atom stereocenters. The van der Waals surface area contributed by atoms with Gasteiger partial charge in [-0.25, -0.2) is 5.43 Å². The lowest BCUT2D eigenvalue weighted by atomic mass is 9.86. The lowest BCUT2D eigenvalue weighted by Crippen LogP contribution is -2.25. The Bertz CT molecular complexity index is 854. The largest absolute Gasteiger partial charge is 0.497 e. The van der Waals surface area contributed by atoms with Crippen molar-refractivity contribution in [1.82, 2.24) is 5.43 Å². The summed E-state index contributed by atoms with van der Waals surface area (Å²) in [4.78, 5) is 12.1. The van der Waals surface area contributed by atoms with Crippen LogP contribution in [0.15, 0.2) is 41.5 Å². The number of benzene rings is 2. The van der Waals surface area contributed by atoms with Crippen LogP contribution >= 0.6 is 0 Å². The van der Waals surface area contributed by atoms with Crippen molar-refractivity contribution in [2.75, 3.05) is 20.8 Å². The minimum Gasteiger partial charge on any atom is -0.497 e. The summed E-state index contributed by atoms with van der Waals surface area (Å²) in [7, 11) is 3.15. The predicted molar refractivity (Wildman–Crippen MR) is 111 cm³/mol. The zero-order valence-electron chi connectivity index (χ0n) is 17.3. The number of nitrogens with zero attached hydrogens (tertiary/aromatic N) is 1. The Morgan fingerprint density at radius 2 is 1.82 bits per heavy atom. The minimum absolute atomic E-state index is 0.0828. The third-order valence-corrected chi connectivity index (χ3v) is 4.13. The van der Waals surface area contributed by atoms with E-state index in [2.05, 4.69) is 31.3 Å². The second-order valence-corrected chi connectivity index (χ2v) is 7.44. The van der Waals surface area contributed by atoms with Gasteiger partial charge in [0.2, 0.25) is 0 Å². The number of carbonyl (C=O) groups is 1. The standard InChI is InChI=1S/C22H28N2O4/c1-15-7-9-18(22(2,3)4)20(11-15)28-14-21(25)24-23-13-16-12-17(26-5)8-10-19(16)27-6/h7-13H,14H2,1-6H3,(H,24,25). The monoisotopic (exact) mass is 384 g/mol. The van der Waals surface area contributed by atoms with E-state index in [0.29, 0.717) is 22.8 Å². The summed E-state index contributed by atoms with van der Waals surface area (Å²) in [6.07, 6.45) is 1.51. The van der Waals surface area contributed by atoms with Crippen LogP contribution in [0.4, 0.5) is 0 Å². The Morgan fingerprint density at radius 1 is 1.07 bits per heavy atom. The third-order valence-electron chi connectivity index (χ3n) is 4.13. The lowest BCUT2D eigenvalue weighted by Gasteiger charge is -2.23. The van der Waals surface area contributed by atoms with Crippen molar-refractivity contribution in [3.63, 3.8) is 0 Å². The molecule has 6 heteroatoms. The average molecular weight is 384 g/mol. The molecule has 1 amide bonds. The molecule has 2 rings (SSSR count). The number of hydrogen-bond donors (Lipinski definition) is 1. The number of ether oxygens (including phenoxy) is 3. The maximum Gasteiger partial charge on any atom is 0.277 e. The summed E-state index contributed by atoms with van der Waals surface area (Å²) >= 11 is 0. The van der Waals surface area contributed by atoms with E-state index in [9.17, 15) is 4.79 Å². The lowest BCUT2D eigenvalue weighted by molar-refractivity contribution is -0.123. The number of hydrazone groups is 1. The van der Waals surface area contributed by atoms with E-state index in [1.54, 1.807) is 32.4 Å². The molecule has 0 saturated heterocycles. The van der Waals surface area contributed by atoms with Crippen molar-refractivity contribution < 1.29 is 19.0 Å². The molecule has 2 aromatic rings. The molecule has 0 spiro atoms. The molecule has 28 heavy (non-hydrogen) atoms. The first kappa shape index (κ1) is 21.3. The maximum atomic E-state index is 12.1. The molecule has 0 heterocycles. The highest BCUT2D eigenvalue weighted by molar-refractivity contribution is 5.86. The Balaban J connectivity index is 2.01. The average Bonchev–Trinajstić information content (AvgIpc) is 2.65. The van der Waals surface area contributed by atoms with Crippen molar-refractivity contribution in [1.29, 1.82) is 0 Å². The fourth-order valence-electron chi connectivity index (χ4n) is 2.66. The van der Waals surface area contributed by atoms with Crippen LogP contribution in [0.1, 0.15) is 37.5 Å². The summed E-state index contributed by atoms with van der Waals surface area (Å²) in [6.45, 7) is 8.19. The van der Waals surface area contributed by atoms with Crippen LogP contribution < -0.4 is 19.6 Å². The highest BCUT2D eigenvalue weighted by Gasteiger charge is 2.19. The van der Waals surface area contributed by atoms with Crippen LogP contribution in [0.25, 0.3) is 0 Å². The van der Waals surface area contributed by atoms with Gasteiger partial charge in [-0.05, 0) is 47.7 Å². The van der Waals surface area contributed by atoms with Crippen LogP contribution in [0.5, 0.6) is 17.2 Å². The molecule has 0 aliphatic carbocycles. The summed E-state index contributed by atoms with van der Waals surface area (Å²) in [5.74, 6) is 1.66. The smallest absolute Gasteiger partial charge is 0.277 e. The van der Waals surface area contributed by atoms with Gasteiger partial charge in [0.25, 0.3) is 5.91 Å². The number of carbonyl (C=O) groups excluding carboxylic acids is 1. The molecule has 0 aliphatic heterocycles. The Hall–Kier alpha value is -3.02. The molecule has 0 fully saturated rings. The van der Waals surface area contributed by atoms with Crippen molar-refractivity contribution >= 4 is 12.1 Å². The highest BCUT2D eigenvalue weighted by atomic mass is 16.5. The van der Waals surface area contributed by atoms with E-state index in [1.807, 2.05) is 25.1 Å². The Labute approximate surface area is 166 Å². The first-order valence-corrected chi connectivity index (χ1v) is 9.02. The van der Waals surface area contributed by atoms with Crippen LogP contribution in [0, 0.1) is 6.92 Å². The van der Waals surface area contributed by atoms with Gasteiger partial charge in [-0.3, -0.25) is 4.79 Å². The fourth-order valence-corrected chi connectivity index (χ4v) is 2.66. The topological polar surface area (TPSA) is 69.2 Å². The van der Waals surface area contributed by atoms with Gasteiger partial charge in [0.1, 0.15) is 17.2 Å². The number of methoxy groups -OCH3 is 2.